The van der Waals surface area contributed by atoms with Crippen LogP contribution in [0.3, 0.4) is 0 Å². The van der Waals surface area contributed by atoms with E-state index < -0.39 is 0 Å². The fourth-order valence-corrected chi connectivity index (χ4v) is 2.50. The van der Waals surface area contributed by atoms with Gasteiger partial charge in [-0.05, 0) is 36.8 Å². The number of oxazole rings is 1. The molecular weight excluding hydrogens is 330 g/mol. The Morgan fingerprint density at radius 2 is 1.88 bits per heavy atom. The molecule has 2 aromatic carbocycles. The second kappa shape index (κ2) is 8.20. The maximum absolute atomic E-state index is 12.1. The molecule has 3 aromatic rings. The predicted molar refractivity (Wildman–Crippen MR) is 98.7 cm³/mol. The monoisotopic (exact) mass is 351 g/mol. The van der Waals surface area contributed by atoms with Gasteiger partial charge in [0.05, 0.1) is 25.4 Å². The van der Waals surface area contributed by atoms with Gasteiger partial charge in [-0.25, -0.2) is 9.78 Å². The van der Waals surface area contributed by atoms with Crippen LogP contribution in [0.2, 0.25) is 0 Å². The SMILES string of the molecule is COc1ccc([C@@H](C)NC(=O)NCc2coc(-c3ccccc3)n2)cc1. The van der Waals surface area contributed by atoms with Gasteiger partial charge in [0.2, 0.25) is 5.89 Å². The van der Waals surface area contributed by atoms with E-state index in [4.69, 9.17) is 9.15 Å². The van der Waals surface area contributed by atoms with Crippen LogP contribution in [-0.4, -0.2) is 18.1 Å². The molecule has 3 rings (SSSR count). The average molecular weight is 351 g/mol. The first kappa shape index (κ1) is 17.5. The summed E-state index contributed by atoms with van der Waals surface area (Å²) in [6.07, 6.45) is 1.55. The first-order valence-corrected chi connectivity index (χ1v) is 8.34. The maximum Gasteiger partial charge on any atom is 0.315 e. The molecule has 1 atom stereocenters. The van der Waals surface area contributed by atoms with E-state index in [1.165, 1.54) is 0 Å². The molecule has 0 bridgehead atoms. The van der Waals surface area contributed by atoms with Gasteiger partial charge >= 0.3 is 6.03 Å². The van der Waals surface area contributed by atoms with E-state index in [0.29, 0.717) is 11.6 Å². The summed E-state index contributed by atoms with van der Waals surface area (Å²) in [7, 11) is 1.62. The Kier molecular flexibility index (Phi) is 5.53. The number of ether oxygens (including phenoxy) is 1. The van der Waals surface area contributed by atoms with Crippen molar-refractivity contribution >= 4 is 6.03 Å². The van der Waals surface area contributed by atoms with Crippen LogP contribution in [0.25, 0.3) is 11.5 Å². The summed E-state index contributed by atoms with van der Waals surface area (Å²) in [5.74, 6) is 1.32. The molecule has 2 amide bonds. The molecule has 0 spiro atoms. The third-order valence-corrected chi connectivity index (χ3v) is 3.97. The van der Waals surface area contributed by atoms with Crippen molar-refractivity contribution in [3.8, 4) is 17.2 Å². The minimum Gasteiger partial charge on any atom is -0.497 e. The number of aromatic nitrogens is 1. The standard InChI is InChI=1S/C20H21N3O3/c1-14(15-8-10-18(25-2)11-9-15)22-20(24)21-12-17-13-26-19(23-17)16-6-4-3-5-7-16/h3-11,13-14H,12H2,1-2H3,(H2,21,22,24)/t14-/m1/s1. The Balaban J connectivity index is 1.51. The fraction of sp³-hybridized carbons (Fsp3) is 0.200. The van der Waals surface area contributed by atoms with E-state index in [2.05, 4.69) is 15.6 Å². The molecule has 0 saturated heterocycles. The third-order valence-electron chi connectivity index (χ3n) is 3.97. The zero-order valence-electron chi connectivity index (χ0n) is 14.7. The summed E-state index contributed by atoms with van der Waals surface area (Å²) in [6, 6.07) is 16.8. The summed E-state index contributed by atoms with van der Waals surface area (Å²) < 4.78 is 10.6. The number of carbonyl (C=O) groups is 1. The van der Waals surface area contributed by atoms with Crippen molar-refractivity contribution < 1.29 is 13.9 Å². The van der Waals surface area contributed by atoms with Crippen LogP contribution in [0, 0.1) is 0 Å². The lowest BCUT2D eigenvalue weighted by Crippen LogP contribution is -2.36. The molecule has 6 nitrogen and oxygen atoms in total. The van der Waals surface area contributed by atoms with Crippen molar-refractivity contribution in [2.75, 3.05) is 7.11 Å². The molecule has 0 aliphatic rings. The largest absolute Gasteiger partial charge is 0.497 e. The lowest BCUT2D eigenvalue weighted by atomic mass is 10.1. The number of nitrogens with zero attached hydrogens (tertiary/aromatic N) is 1. The van der Waals surface area contributed by atoms with Crippen LogP contribution in [0.4, 0.5) is 4.79 Å². The molecule has 0 saturated carbocycles. The van der Waals surface area contributed by atoms with Gasteiger partial charge in [-0.2, -0.15) is 0 Å². The summed E-state index contributed by atoms with van der Waals surface area (Å²) in [6.45, 7) is 2.21. The van der Waals surface area contributed by atoms with E-state index in [9.17, 15) is 4.79 Å². The lowest BCUT2D eigenvalue weighted by molar-refractivity contribution is 0.237. The minimum absolute atomic E-state index is 0.127. The quantitative estimate of drug-likeness (QED) is 0.706. The van der Waals surface area contributed by atoms with Crippen LogP contribution in [0.1, 0.15) is 24.2 Å². The Hall–Kier alpha value is -3.28. The van der Waals surface area contributed by atoms with Crippen molar-refractivity contribution in [2.24, 2.45) is 0 Å². The number of methoxy groups -OCH3 is 1. The Morgan fingerprint density at radius 1 is 1.15 bits per heavy atom. The highest BCUT2D eigenvalue weighted by Crippen LogP contribution is 2.18. The maximum atomic E-state index is 12.1. The molecule has 0 aliphatic heterocycles. The molecule has 1 aromatic heterocycles. The normalized spacial score (nSPS) is 11.6. The number of rotatable bonds is 6. The topological polar surface area (TPSA) is 76.4 Å². The minimum atomic E-state index is -0.266. The van der Waals surface area contributed by atoms with E-state index in [-0.39, 0.29) is 18.6 Å². The van der Waals surface area contributed by atoms with Crippen molar-refractivity contribution in [1.29, 1.82) is 0 Å². The molecule has 0 radical (unpaired) electrons. The van der Waals surface area contributed by atoms with Gasteiger partial charge in [-0.1, -0.05) is 30.3 Å². The molecule has 6 heteroatoms. The van der Waals surface area contributed by atoms with Gasteiger partial charge < -0.3 is 19.8 Å². The second-order valence-corrected chi connectivity index (χ2v) is 5.83. The zero-order chi connectivity index (χ0) is 18.4. The number of hydrogen-bond acceptors (Lipinski definition) is 4. The van der Waals surface area contributed by atoms with Gasteiger partial charge in [0.15, 0.2) is 0 Å². The van der Waals surface area contributed by atoms with Crippen LogP contribution in [-0.2, 0) is 6.54 Å². The number of nitrogens with one attached hydrogen (secondary N) is 2. The number of urea groups is 1. The molecule has 1 heterocycles. The highest BCUT2D eigenvalue weighted by Gasteiger charge is 2.11. The summed E-state index contributed by atoms with van der Waals surface area (Å²) in [5.41, 5.74) is 2.56. The summed E-state index contributed by atoms with van der Waals surface area (Å²) in [5, 5.41) is 5.68. The first-order chi connectivity index (χ1) is 12.7. The number of benzene rings is 2. The molecule has 2 N–H and O–H groups in total. The molecule has 26 heavy (non-hydrogen) atoms. The van der Waals surface area contributed by atoms with Crippen LogP contribution >= 0.6 is 0 Å². The molecule has 0 fully saturated rings. The number of carbonyl (C=O) groups excluding carboxylic acids is 1. The van der Waals surface area contributed by atoms with Crippen LogP contribution < -0.4 is 15.4 Å². The van der Waals surface area contributed by atoms with Crippen molar-refractivity contribution in [3.63, 3.8) is 0 Å². The second-order valence-electron chi connectivity index (χ2n) is 5.83. The van der Waals surface area contributed by atoms with Crippen LogP contribution in [0.15, 0.2) is 65.3 Å². The Bertz CT molecular complexity index is 844. The van der Waals surface area contributed by atoms with Crippen LogP contribution in [0.5, 0.6) is 5.75 Å². The molecule has 0 unspecified atom stereocenters. The smallest absolute Gasteiger partial charge is 0.315 e. The predicted octanol–water partition coefficient (Wildman–Crippen LogP) is 3.91. The van der Waals surface area contributed by atoms with E-state index in [0.717, 1.165) is 16.9 Å². The van der Waals surface area contributed by atoms with E-state index in [1.54, 1.807) is 13.4 Å². The number of hydrogen-bond donors (Lipinski definition) is 2. The van der Waals surface area contributed by atoms with E-state index in [1.807, 2.05) is 61.5 Å². The van der Waals surface area contributed by atoms with Crippen molar-refractivity contribution in [1.82, 2.24) is 15.6 Å². The van der Waals surface area contributed by atoms with Gasteiger partial charge in [0, 0.05) is 5.56 Å². The Labute approximate surface area is 152 Å². The molecule has 0 aliphatic carbocycles. The lowest BCUT2D eigenvalue weighted by Gasteiger charge is -2.15. The molecular formula is C20H21N3O3. The van der Waals surface area contributed by atoms with Crippen molar-refractivity contribution in [2.45, 2.75) is 19.5 Å². The molecule has 134 valence electrons. The fourth-order valence-electron chi connectivity index (χ4n) is 2.50. The van der Waals surface area contributed by atoms with Gasteiger partial charge in [0.1, 0.15) is 12.0 Å². The average Bonchev–Trinajstić information content (AvgIpc) is 3.16. The Morgan fingerprint density at radius 3 is 2.58 bits per heavy atom. The summed E-state index contributed by atoms with van der Waals surface area (Å²) in [4.78, 5) is 16.5. The summed E-state index contributed by atoms with van der Waals surface area (Å²) >= 11 is 0. The highest BCUT2D eigenvalue weighted by atomic mass is 16.5. The van der Waals surface area contributed by atoms with E-state index >= 15 is 0 Å². The highest BCUT2D eigenvalue weighted by molar-refractivity contribution is 5.74. The van der Waals surface area contributed by atoms with Gasteiger partial charge in [-0.3, -0.25) is 0 Å². The van der Waals surface area contributed by atoms with Gasteiger partial charge in [-0.15, -0.1) is 0 Å². The number of amides is 2. The van der Waals surface area contributed by atoms with Crippen molar-refractivity contribution in [3.05, 3.63) is 72.1 Å². The van der Waals surface area contributed by atoms with Gasteiger partial charge in [0.25, 0.3) is 0 Å². The zero-order valence-corrected chi connectivity index (χ0v) is 14.7. The third kappa shape index (κ3) is 4.42. The first-order valence-electron chi connectivity index (χ1n) is 8.34.